The maximum atomic E-state index is 13.8. The Labute approximate surface area is 121 Å². The number of rotatable bonds is 5. The van der Waals surface area contributed by atoms with Crippen LogP contribution >= 0.6 is 0 Å². The first-order valence-electron chi connectivity index (χ1n) is 6.24. The molecule has 1 heterocycles. The third-order valence-corrected chi connectivity index (χ3v) is 3.14. The van der Waals surface area contributed by atoms with Crippen LogP contribution in [0.15, 0.2) is 12.1 Å². The predicted octanol–water partition coefficient (Wildman–Crippen LogP) is 1.69. The Morgan fingerprint density at radius 3 is 2.36 bits per heavy atom. The molecule has 9 heteroatoms. The zero-order valence-corrected chi connectivity index (χ0v) is 11.1. The molecule has 1 atom stereocenters. The number of ketones is 1. The third kappa shape index (κ3) is 3.18. The molecule has 1 amide bonds. The van der Waals surface area contributed by atoms with Gasteiger partial charge >= 0.3 is 0 Å². The largest absolute Gasteiger partial charge is 0.354 e. The molecule has 1 aliphatic rings. The third-order valence-electron chi connectivity index (χ3n) is 3.14. The van der Waals surface area contributed by atoms with E-state index in [-0.39, 0.29) is 24.6 Å². The summed E-state index contributed by atoms with van der Waals surface area (Å²) in [6, 6.07) is -0.866. The molecule has 1 fully saturated rings. The average Bonchev–Trinajstić information content (AvgIpc) is 2.43. The van der Waals surface area contributed by atoms with Crippen molar-refractivity contribution in [1.82, 2.24) is 5.32 Å². The molecule has 1 aromatic carbocycles. The maximum absolute atomic E-state index is 13.8. The van der Waals surface area contributed by atoms with Crippen LogP contribution in [0.1, 0.15) is 10.4 Å². The molecule has 0 spiro atoms. The van der Waals surface area contributed by atoms with E-state index in [9.17, 15) is 31.5 Å². The van der Waals surface area contributed by atoms with Gasteiger partial charge in [-0.15, -0.1) is 0 Å². The number of hydrogen-bond donors (Lipinski definition) is 1. The van der Waals surface area contributed by atoms with Crippen molar-refractivity contribution >= 4 is 17.4 Å². The maximum Gasteiger partial charge on any atom is 0.261 e. The molecule has 120 valence electrons. The lowest BCUT2D eigenvalue weighted by atomic mass is 10.1. The second kappa shape index (κ2) is 6.29. The second-order valence-corrected chi connectivity index (χ2v) is 4.75. The number of carbonyl (C=O) groups excluding carboxylic acids is 2. The van der Waals surface area contributed by atoms with Crippen LogP contribution in [-0.4, -0.2) is 43.9 Å². The van der Waals surface area contributed by atoms with Gasteiger partial charge in [-0.25, -0.2) is 22.0 Å². The molecule has 0 aliphatic carbocycles. The highest BCUT2D eigenvalue weighted by atomic mass is 19.3. The summed E-state index contributed by atoms with van der Waals surface area (Å²) in [6.45, 7) is -1.68. The van der Waals surface area contributed by atoms with E-state index in [2.05, 4.69) is 0 Å². The number of alkyl halides is 3. The molecule has 1 N–H and O–H groups in total. The number of nitrogens with zero attached hydrogens (tertiary/aromatic N) is 1. The van der Waals surface area contributed by atoms with E-state index in [1.165, 1.54) is 4.90 Å². The van der Waals surface area contributed by atoms with Gasteiger partial charge in [-0.05, 0) is 6.07 Å². The Hall–Kier alpha value is -2.19. The summed E-state index contributed by atoms with van der Waals surface area (Å²) in [5.41, 5.74) is -1.02. The van der Waals surface area contributed by atoms with E-state index in [1.54, 1.807) is 5.32 Å². The molecule has 22 heavy (non-hydrogen) atoms. The van der Waals surface area contributed by atoms with E-state index in [0.29, 0.717) is 12.1 Å². The van der Waals surface area contributed by atoms with E-state index in [0.717, 1.165) is 0 Å². The normalized spacial score (nSPS) is 15.7. The number of nitrogens with one attached hydrogen (secondary N) is 1. The van der Waals surface area contributed by atoms with Crippen LogP contribution in [0.25, 0.3) is 0 Å². The van der Waals surface area contributed by atoms with E-state index < -0.39 is 42.2 Å². The first-order valence-corrected chi connectivity index (χ1v) is 6.24. The predicted molar refractivity (Wildman–Crippen MR) is 66.8 cm³/mol. The van der Waals surface area contributed by atoms with E-state index in [4.69, 9.17) is 0 Å². The molecular formula is C13H11F5N2O2. The van der Waals surface area contributed by atoms with Crippen molar-refractivity contribution in [1.29, 1.82) is 0 Å². The highest BCUT2D eigenvalue weighted by Gasteiger charge is 2.29. The quantitative estimate of drug-likeness (QED) is 0.839. The van der Waals surface area contributed by atoms with Crippen molar-refractivity contribution in [2.75, 3.05) is 24.7 Å². The Balaban J connectivity index is 2.19. The van der Waals surface area contributed by atoms with Crippen LogP contribution in [0.2, 0.25) is 0 Å². The Morgan fingerprint density at radius 1 is 1.23 bits per heavy atom. The minimum Gasteiger partial charge on any atom is -0.354 e. The fraction of sp³-hybridized carbons (Fsp3) is 0.385. The minimum absolute atomic E-state index is 0.0722. The van der Waals surface area contributed by atoms with Crippen LogP contribution in [0.3, 0.4) is 0 Å². The van der Waals surface area contributed by atoms with Gasteiger partial charge in [-0.2, -0.15) is 0 Å². The lowest BCUT2D eigenvalue weighted by molar-refractivity contribution is -0.119. The van der Waals surface area contributed by atoms with Gasteiger partial charge in [0.05, 0.1) is 24.3 Å². The molecule has 4 nitrogen and oxygen atoms in total. The Morgan fingerprint density at radius 2 is 1.86 bits per heavy atom. The average molecular weight is 322 g/mol. The first-order chi connectivity index (χ1) is 10.3. The molecule has 0 bridgehead atoms. The SMILES string of the molecule is O=C1CN(c2cc(F)c(C(=O)NC(CF)C(F)F)cc2F)C1. The van der Waals surface area contributed by atoms with Gasteiger partial charge in [-0.1, -0.05) is 0 Å². The number of anilines is 1. The zero-order chi connectivity index (χ0) is 16.4. The zero-order valence-electron chi connectivity index (χ0n) is 11.1. The summed E-state index contributed by atoms with van der Waals surface area (Å²) in [4.78, 5) is 23.7. The summed E-state index contributed by atoms with van der Waals surface area (Å²) in [7, 11) is 0. The molecule has 1 saturated heterocycles. The van der Waals surface area contributed by atoms with Crippen LogP contribution in [-0.2, 0) is 4.79 Å². The molecule has 1 aliphatic heterocycles. The fourth-order valence-electron chi connectivity index (χ4n) is 1.92. The molecule has 0 aromatic heterocycles. The van der Waals surface area contributed by atoms with Gasteiger partial charge in [-0.3, -0.25) is 9.59 Å². The summed E-state index contributed by atoms with van der Waals surface area (Å²) < 4.78 is 64.7. The van der Waals surface area contributed by atoms with Crippen LogP contribution in [0.5, 0.6) is 0 Å². The molecule has 2 rings (SSSR count). The number of Topliss-reactive ketones (excluding diaryl/α,β-unsaturated/α-hetero) is 1. The summed E-state index contributed by atoms with van der Waals surface area (Å²) in [5, 5.41) is 1.60. The van der Waals surface area contributed by atoms with Gasteiger partial charge in [0.2, 0.25) is 0 Å². The van der Waals surface area contributed by atoms with Crippen molar-refractivity contribution in [2.24, 2.45) is 0 Å². The van der Waals surface area contributed by atoms with Crippen LogP contribution in [0, 0.1) is 11.6 Å². The first kappa shape index (κ1) is 16.2. The molecule has 0 radical (unpaired) electrons. The topological polar surface area (TPSA) is 49.4 Å². The molecule has 1 unspecified atom stereocenters. The number of amides is 1. The number of hydrogen-bond acceptors (Lipinski definition) is 3. The van der Waals surface area contributed by atoms with E-state index in [1.807, 2.05) is 0 Å². The highest BCUT2D eigenvalue weighted by molar-refractivity contribution is 5.97. The smallest absolute Gasteiger partial charge is 0.261 e. The van der Waals surface area contributed by atoms with Crippen molar-refractivity contribution in [3.8, 4) is 0 Å². The van der Waals surface area contributed by atoms with Crippen molar-refractivity contribution in [2.45, 2.75) is 12.5 Å². The van der Waals surface area contributed by atoms with Crippen LogP contribution in [0.4, 0.5) is 27.6 Å². The van der Waals surface area contributed by atoms with E-state index >= 15 is 0 Å². The van der Waals surface area contributed by atoms with Gasteiger partial charge in [0.15, 0.2) is 5.78 Å². The summed E-state index contributed by atoms with van der Waals surface area (Å²) in [5.74, 6) is -3.62. The lowest BCUT2D eigenvalue weighted by Gasteiger charge is -2.31. The summed E-state index contributed by atoms with van der Waals surface area (Å²) in [6.07, 6.45) is -3.17. The number of benzene rings is 1. The van der Waals surface area contributed by atoms with Crippen molar-refractivity contribution in [3.05, 3.63) is 29.3 Å². The van der Waals surface area contributed by atoms with Crippen molar-refractivity contribution in [3.63, 3.8) is 0 Å². The number of carbonyl (C=O) groups is 2. The molecular weight excluding hydrogens is 311 g/mol. The van der Waals surface area contributed by atoms with Gasteiger partial charge in [0.1, 0.15) is 24.4 Å². The summed E-state index contributed by atoms with van der Waals surface area (Å²) >= 11 is 0. The molecule has 1 aromatic rings. The van der Waals surface area contributed by atoms with Crippen molar-refractivity contribution < 1.29 is 31.5 Å². The molecule has 0 saturated carbocycles. The number of halogens is 5. The minimum atomic E-state index is -3.17. The highest BCUT2D eigenvalue weighted by Crippen LogP contribution is 2.26. The monoisotopic (exact) mass is 322 g/mol. The lowest BCUT2D eigenvalue weighted by Crippen LogP contribution is -2.47. The van der Waals surface area contributed by atoms with Gasteiger partial charge < -0.3 is 10.2 Å². The van der Waals surface area contributed by atoms with Gasteiger partial charge in [0, 0.05) is 6.07 Å². The van der Waals surface area contributed by atoms with Gasteiger partial charge in [0.25, 0.3) is 12.3 Å². The Bertz CT molecular complexity index is 600. The Kier molecular flexibility index (Phi) is 4.62. The van der Waals surface area contributed by atoms with Crippen LogP contribution < -0.4 is 10.2 Å². The standard InChI is InChI=1S/C13H11F5N2O2/c14-3-10(12(17)18)19-13(22)7-1-9(16)11(2-8(7)15)20-4-6(21)5-20/h1-2,10,12H,3-5H2,(H,19,22). The fourth-order valence-corrected chi connectivity index (χ4v) is 1.92. The second-order valence-electron chi connectivity index (χ2n) is 4.75.